The molecule has 34 heavy (non-hydrogen) atoms. The Hall–Kier alpha value is -3.38. The van der Waals surface area contributed by atoms with Gasteiger partial charge in [-0.05, 0) is 62.6 Å². The highest BCUT2D eigenvalue weighted by atomic mass is 16.5. The van der Waals surface area contributed by atoms with Gasteiger partial charge in [-0.3, -0.25) is 4.68 Å². The Labute approximate surface area is 199 Å². The molecule has 1 atom stereocenters. The molecule has 0 aliphatic heterocycles. The standard InChI is InChI=1S/C28H31N3O3/c1-17-25(18(2)31(3)30-17)23-13-7-12-21-22(27(28(32)33)29-26(21)23)14-8-16-34-24-15-6-10-19-9-4-5-11-20(19)24/h4-5,7,9,11-13,24,29H,6,8,10,14-16H2,1-3H3,(H,32,33)/t24-/m1/s1. The molecule has 0 saturated heterocycles. The van der Waals surface area contributed by atoms with Crippen molar-refractivity contribution < 1.29 is 14.6 Å². The van der Waals surface area contributed by atoms with Crippen LogP contribution in [-0.4, -0.2) is 32.4 Å². The number of fused-ring (bicyclic) bond motifs is 2. The number of ether oxygens (including phenoxy) is 1. The summed E-state index contributed by atoms with van der Waals surface area (Å²) in [6, 6.07) is 14.6. The summed E-state index contributed by atoms with van der Waals surface area (Å²) in [6.45, 7) is 4.63. The van der Waals surface area contributed by atoms with E-state index in [0.29, 0.717) is 13.0 Å². The number of hydrogen-bond donors (Lipinski definition) is 2. The van der Waals surface area contributed by atoms with Crippen LogP contribution < -0.4 is 0 Å². The number of carboxylic acid groups (broad SMARTS) is 1. The zero-order valence-corrected chi connectivity index (χ0v) is 20.0. The van der Waals surface area contributed by atoms with Crippen LogP contribution in [0.15, 0.2) is 42.5 Å². The molecule has 2 N–H and O–H groups in total. The van der Waals surface area contributed by atoms with Crippen molar-refractivity contribution >= 4 is 16.9 Å². The van der Waals surface area contributed by atoms with Crippen LogP contribution in [0.1, 0.15) is 63.9 Å². The van der Waals surface area contributed by atoms with E-state index in [2.05, 4.69) is 34.3 Å². The van der Waals surface area contributed by atoms with Gasteiger partial charge in [-0.1, -0.05) is 42.5 Å². The van der Waals surface area contributed by atoms with Gasteiger partial charge >= 0.3 is 5.97 Å². The quantitative estimate of drug-likeness (QED) is 0.338. The van der Waals surface area contributed by atoms with E-state index in [1.807, 2.05) is 43.8 Å². The minimum Gasteiger partial charge on any atom is -0.477 e. The summed E-state index contributed by atoms with van der Waals surface area (Å²) >= 11 is 0. The Morgan fingerprint density at radius 3 is 2.79 bits per heavy atom. The Balaban J connectivity index is 1.39. The fourth-order valence-electron chi connectivity index (χ4n) is 5.44. The number of carboxylic acids is 1. The van der Waals surface area contributed by atoms with Crippen LogP contribution in [0.3, 0.4) is 0 Å². The molecule has 1 aliphatic carbocycles. The monoisotopic (exact) mass is 457 g/mol. The second-order valence-corrected chi connectivity index (χ2v) is 9.24. The van der Waals surface area contributed by atoms with Crippen LogP contribution in [0.2, 0.25) is 0 Å². The number of H-pyrrole nitrogens is 1. The van der Waals surface area contributed by atoms with Crippen LogP contribution in [0, 0.1) is 13.8 Å². The van der Waals surface area contributed by atoms with Crippen molar-refractivity contribution in [3.8, 4) is 11.1 Å². The largest absolute Gasteiger partial charge is 0.477 e. The average Bonchev–Trinajstić information content (AvgIpc) is 3.33. The maximum Gasteiger partial charge on any atom is 0.352 e. The summed E-state index contributed by atoms with van der Waals surface area (Å²) < 4.78 is 8.15. The number of benzene rings is 2. The number of aryl methyl sites for hydroxylation is 4. The summed E-state index contributed by atoms with van der Waals surface area (Å²) in [4.78, 5) is 15.3. The summed E-state index contributed by atoms with van der Waals surface area (Å²) in [5.41, 5.74) is 8.69. The van der Waals surface area contributed by atoms with Crippen molar-refractivity contribution in [2.45, 2.75) is 52.1 Å². The van der Waals surface area contributed by atoms with Gasteiger partial charge in [-0.2, -0.15) is 5.10 Å². The highest BCUT2D eigenvalue weighted by Crippen LogP contribution is 2.36. The topological polar surface area (TPSA) is 80.1 Å². The molecule has 0 spiro atoms. The fraction of sp³-hybridized carbons (Fsp3) is 0.357. The van der Waals surface area contributed by atoms with E-state index < -0.39 is 5.97 Å². The van der Waals surface area contributed by atoms with Gasteiger partial charge in [0.2, 0.25) is 0 Å². The van der Waals surface area contributed by atoms with E-state index in [0.717, 1.165) is 64.7 Å². The summed E-state index contributed by atoms with van der Waals surface area (Å²) in [6.07, 6.45) is 4.84. The molecule has 0 bridgehead atoms. The zero-order valence-electron chi connectivity index (χ0n) is 20.0. The molecule has 0 fully saturated rings. The van der Waals surface area contributed by atoms with Crippen LogP contribution >= 0.6 is 0 Å². The molecule has 6 heteroatoms. The van der Waals surface area contributed by atoms with Gasteiger partial charge in [0.1, 0.15) is 5.69 Å². The predicted octanol–water partition coefficient (Wildman–Crippen LogP) is 5.91. The Morgan fingerprint density at radius 2 is 2.03 bits per heavy atom. The van der Waals surface area contributed by atoms with Crippen molar-refractivity contribution in [1.29, 1.82) is 0 Å². The van der Waals surface area contributed by atoms with Gasteiger partial charge in [0, 0.05) is 35.9 Å². The molecule has 6 nitrogen and oxygen atoms in total. The number of carbonyl (C=O) groups is 1. The first-order valence-electron chi connectivity index (χ1n) is 12.0. The van der Waals surface area contributed by atoms with E-state index in [-0.39, 0.29) is 11.8 Å². The first kappa shape index (κ1) is 22.4. The second-order valence-electron chi connectivity index (χ2n) is 9.24. The first-order valence-corrected chi connectivity index (χ1v) is 12.0. The molecule has 1 aliphatic rings. The van der Waals surface area contributed by atoms with Crippen LogP contribution in [0.4, 0.5) is 0 Å². The highest BCUT2D eigenvalue weighted by Gasteiger charge is 2.23. The van der Waals surface area contributed by atoms with E-state index in [1.54, 1.807) is 0 Å². The number of hydrogen-bond acceptors (Lipinski definition) is 3. The second kappa shape index (κ2) is 9.11. The Kier molecular flexibility index (Phi) is 6.00. The van der Waals surface area contributed by atoms with Crippen molar-refractivity contribution in [3.63, 3.8) is 0 Å². The minimum atomic E-state index is -0.932. The minimum absolute atomic E-state index is 0.134. The fourth-order valence-corrected chi connectivity index (χ4v) is 5.44. The first-order chi connectivity index (χ1) is 16.5. The van der Waals surface area contributed by atoms with E-state index in [9.17, 15) is 9.90 Å². The molecule has 0 radical (unpaired) electrons. The molecule has 0 unspecified atom stereocenters. The van der Waals surface area contributed by atoms with Crippen molar-refractivity contribution in [3.05, 3.63) is 76.2 Å². The number of nitrogens with zero attached hydrogens (tertiary/aromatic N) is 2. The van der Waals surface area contributed by atoms with Crippen LogP contribution in [-0.2, 0) is 24.6 Å². The highest BCUT2D eigenvalue weighted by molar-refractivity contribution is 6.03. The number of nitrogens with one attached hydrogen (secondary N) is 1. The molecule has 2 heterocycles. The van der Waals surface area contributed by atoms with Crippen LogP contribution in [0.25, 0.3) is 22.0 Å². The molecule has 2 aromatic heterocycles. The third-order valence-corrected chi connectivity index (χ3v) is 7.14. The number of aromatic nitrogens is 3. The SMILES string of the molecule is Cc1nn(C)c(C)c1-c1cccc2c(CCCO[C@@H]3CCCc4ccccc43)c(C(=O)O)[nH]c12. The van der Waals surface area contributed by atoms with Crippen molar-refractivity contribution in [2.24, 2.45) is 7.05 Å². The maximum absolute atomic E-state index is 12.1. The van der Waals surface area contributed by atoms with Gasteiger partial charge in [0.05, 0.1) is 17.3 Å². The van der Waals surface area contributed by atoms with Crippen LogP contribution in [0.5, 0.6) is 0 Å². The molecule has 2 aromatic carbocycles. The lowest BCUT2D eigenvalue weighted by Gasteiger charge is -2.25. The lowest BCUT2D eigenvalue weighted by Crippen LogP contribution is -2.13. The zero-order chi connectivity index (χ0) is 23.8. The number of rotatable bonds is 7. The average molecular weight is 458 g/mol. The maximum atomic E-state index is 12.1. The van der Waals surface area contributed by atoms with Gasteiger partial charge < -0.3 is 14.8 Å². The molecular formula is C28H31N3O3. The number of aromatic amines is 1. The third-order valence-electron chi connectivity index (χ3n) is 7.14. The predicted molar refractivity (Wildman–Crippen MR) is 133 cm³/mol. The summed E-state index contributed by atoms with van der Waals surface area (Å²) in [7, 11) is 1.93. The normalized spacial score (nSPS) is 15.6. The smallest absolute Gasteiger partial charge is 0.352 e. The Bertz CT molecular complexity index is 1360. The third kappa shape index (κ3) is 3.92. The molecule has 5 rings (SSSR count). The van der Waals surface area contributed by atoms with Gasteiger partial charge in [0.15, 0.2) is 0 Å². The lowest BCUT2D eigenvalue weighted by atomic mass is 9.89. The number of aromatic carboxylic acids is 1. The van der Waals surface area contributed by atoms with E-state index >= 15 is 0 Å². The summed E-state index contributed by atoms with van der Waals surface area (Å²) in [5.74, 6) is -0.932. The summed E-state index contributed by atoms with van der Waals surface area (Å²) in [5, 5.41) is 15.4. The molecule has 4 aromatic rings. The lowest BCUT2D eigenvalue weighted by molar-refractivity contribution is 0.0393. The molecule has 0 saturated carbocycles. The van der Waals surface area contributed by atoms with Gasteiger partial charge in [-0.15, -0.1) is 0 Å². The Morgan fingerprint density at radius 1 is 1.21 bits per heavy atom. The number of para-hydroxylation sites is 1. The van der Waals surface area contributed by atoms with E-state index in [4.69, 9.17) is 4.74 Å². The van der Waals surface area contributed by atoms with Crippen molar-refractivity contribution in [1.82, 2.24) is 14.8 Å². The molecule has 0 amide bonds. The van der Waals surface area contributed by atoms with Gasteiger partial charge in [-0.25, -0.2) is 4.79 Å². The molecule has 176 valence electrons. The van der Waals surface area contributed by atoms with E-state index in [1.165, 1.54) is 11.1 Å². The van der Waals surface area contributed by atoms with Gasteiger partial charge in [0.25, 0.3) is 0 Å². The molecular weight excluding hydrogens is 426 g/mol. The van der Waals surface area contributed by atoms with Crippen molar-refractivity contribution in [2.75, 3.05) is 6.61 Å².